The van der Waals surface area contributed by atoms with Gasteiger partial charge in [-0.3, -0.25) is 4.79 Å². The Labute approximate surface area is 166 Å². The maximum Gasteiger partial charge on any atom is 0.250 e. The number of hydrogen-bond donors (Lipinski definition) is 0. The highest BCUT2D eigenvalue weighted by Gasteiger charge is 2.39. The maximum absolute atomic E-state index is 12.0. The normalized spacial score (nSPS) is 17.0. The van der Waals surface area contributed by atoms with E-state index in [1.54, 1.807) is 12.0 Å². The van der Waals surface area contributed by atoms with Crippen molar-refractivity contribution in [3.05, 3.63) is 48.9 Å². The van der Waals surface area contributed by atoms with E-state index in [0.29, 0.717) is 12.2 Å². The van der Waals surface area contributed by atoms with Crippen LogP contribution in [0.15, 0.2) is 48.9 Å². The van der Waals surface area contributed by atoms with Crippen LogP contribution >= 0.6 is 0 Å². The Kier molecular flexibility index (Phi) is 8.76. The quantitative estimate of drug-likeness (QED) is 0.115. The monoisotopic (exact) mass is 391 g/mol. The van der Waals surface area contributed by atoms with Gasteiger partial charge >= 0.3 is 0 Å². The number of carbonyl (C=O) groups excluding carboxylic acids is 1. The zero-order valence-corrected chi connectivity index (χ0v) is 19.0. The number of likely N-dealkylation sites (tertiary alicyclic amines) is 1. The van der Waals surface area contributed by atoms with E-state index in [1.807, 2.05) is 24.3 Å². The molecule has 0 aromatic heterocycles. The molecule has 1 atom stereocenters. The first kappa shape index (κ1) is 23.4. The molecule has 0 bridgehead atoms. The van der Waals surface area contributed by atoms with Gasteiger partial charge in [0.25, 0.3) is 0 Å². The molecule has 0 saturated carbocycles. The number of methoxy groups -OCH3 is 1. The Morgan fingerprint density at radius 2 is 2.00 bits per heavy atom. The number of unbranched alkanes of at least 4 members (excludes halogenated alkanes) is 1. The molecule has 1 rings (SSSR count). The van der Waals surface area contributed by atoms with Gasteiger partial charge in [-0.2, -0.15) is 0 Å². The van der Waals surface area contributed by atoms with Gasteiger partial charge in [-0.15, -0.1) is 6.58 Å². The number of rotatable bonds is 11. The molecule has 0 aromatic carbocycles. The lowest BCUT2D eigenvalue weighted by molar-refractivity contribution is -0.136. The molecule has 1 aliphatic heterocycles. The zero-order valence-electron chi connectivity index (χ0n) is 18.0. The number of carbonyl (C=O) groups is 1. The first-order valence-electron chi connectivity index (χ1n) is 9.73. The molecule has 5 heteroatoms. The van der Waals surface area contributed by atoms with Crippen molar-refractivity contribution in [3.63, 3.8) is 0 Å². The zero-order chi connectivity index (χ0) is 20.7. The van der Waals surface area contributed by atoms with Gasteiger partial charge in [0.05, 0.1) is 11.9 Å². The molecule has 1 aliphatic rings. The number of ether oxygens (including phenoxy) is 1. The average Bonchev–Trinajstić information content (AvgIpc) is 2.55. The largest absolute Gasteiger partial charge is 0.544 e. The lowest BCUT2D eigenvalue weighted by atomic mass is 10.1. The summed E-state index contributed by atoms with van der Waals surface area (Å²) < 4.78 is 11.8. The highest BCUT2D eigenvalue weighted by molar-refractivity contribution is 6.74. The van der Waals surface area contributed by atoms with Crippen molar-refractivity contribution >= 4 is 14.2 Å². The van der Waals surface area contributed by atoms with Crippen LogP contribution in [0, 0.1) is 0 Å². The van der Waals surface area contributed by atoms with E-state index < -0.39 is 8.32 Å². The first-order chi connectivity index (χ1) is 12.5. The topological polar surface area (TPSA) is 38.8 Å². The third-order valence-electron chi connectivity index (χ3n) is 5.35. The van der Waals surface area contributed by atoms with Gasteiger partial charge in [0, 0.05) is 25.8 Å². The summed E-state index contributed by atoms with van der Waals surface area (Å²) in [7, 11) is -0.218. The van der Waals surface area contributed by atoms with Crippen molar-refractivity contribution < 1.29 is 14.0 Å². The van der Waals surface area contributed by atoms with Crippen LogP contribution in [0.3, 0.4) is 0 Å². The molecule has 0 spiro atoms. The molecule has 1 saturated heterocycles. The van der Waals surface area contributed by atoms with E-state index in [4.69, 9.17) is 9.16 Å². The van der Waals surface area contributed by atoms with E-state index in [9.17, 15) is 4.79 Å². The fourth-order valence-corrected chi connectivity index (χ4v) is 3.47. The second kappa shape index (κ2) is 10.1. The molecule has 1 amide bonds. The number of nitrogens with zero attached hydrogens (tertiary/aromatic N) is 1. The van der Waals surface area contributed by atoms with Crippen LogP contribution < -0.4 is 0 Å². The molecule has 0 aromatic rings. The molecule has 0 aliphatic carbocycles. The summed E-state index contributed by atoms with van der Waals surface area (Å²) in [5, 5.41) is 0.113. The number of allylic oxidation sites excluding steroid dienone is 3. The number of β-lactam (4-membered cyclic amide) rings is 1. The van der Waals surface area contributed by atoms with Gasteiger partial charge in [0.2, 0.25) is 14.2 Å². The third kappa shape index (κ3) is 7.15. The fraction of sp³-hybridized carbons (Fsp3) is 0.591. The number of amides is 1. The Hall–Kier alpha value is -1.59. The molecular weight excluding hydrogens is 354 g/mol. The van der Waals surface area contributed by atoms with Crippen LogP contribution in [-0.2, 0) is 14.0 Å². The van der Waals surface area contributed by atoms with Gasteiger partial charge < -0.3 is 14.1 Å². The molecule has 1 heterocycles. The molecule has 0 N–H and O–H groups in total. The molecule has 0 unspecified atom stereocenters. The van der Waals surface area contributed by atoms with Crippen molar-refractivity contribution in [1.29, 1.82) is 0 Å². The van der Waals surface area contributed by atoms with Crippen molar-refractivity contribution in [2.75, 3.05) is 13.7 Å². The van der Waals surface area contributed by atoms with Crippen LogP contribution in [-0.4, -0.2) is 38.9 Å². The molecule has 0 radical (unpaired) electrons. The van der Waals surface area contributed by atoms with Gasteiger partial charge in [-0.1, -0.05) is 33.4 Å². The third-order valence-corrected chi connectivity index (χ3v) is 9.74. The minimum atomic E-state index is -1.92. The Morgan fingerprint density at radius 3 is 2.44 bits per heavy atom. The second-order valence-corrected chi connectivity index (χ2v) is 13.3. The van der Waals surface area contributed by atoms with Crippen molar-refractivity contribution in [2.45, 2.75) is 70.7 Å². The van der Waals surface area contributed by atoms with Gasteiger partial charge in [0.15, 0.2) is 0 Å². The Morgan fingerprint density at radius 1 is 1.33 bits per heavy atom. The average molecular weight is 392 g/mol. The highest BCUT2D eigenvalue weighted by Crippen LogP contribution is 2.37. The highest BCUT2D eigenvalue weighted by atomic mass is 28.4. The summed E-state index contributed by atoms with van der Waals surface area (Å²) in [6.45, 7) is 19.6. The summed E-state index contributed by atoms with van der Waals surface area (Å²) in [6, 6.07) is 0. The predicted octanol–water partition coefficient (Wildman–Crippen LogP) is 5.57. The van der Waals surface area contributed by atoms with Gasteiger partial charge in [-0.05, 0) is 55.6 Å². The lowest BCUT2D eigenvalue weighted by Gasteiger charge is -2.36. The second-order valence-electron chi connectivity index (χ2n) is 8.54. The van der Waals surface area contributed by atoms with Crippen LogP contribution in [0.5, 0.6) is 0 Å². The van der Waals surface area contributed by atoms with E-state index in [1.165, 1.54) is 0 Å². The van der Waals surface area contributed by atoms with Crippen molar-refractivity contribution in [2.24, 2.45) is 0 Å². The van der Waals surface area contributed by atoms with Crippen LogP contribution in [0.1, 0.15) is 46.5 Å². The van der Waals surface area contributed by atoms with Crippen LogP contribution in [0.2, 0.25) is 18.1 Å². The fourth-order valence-electron chi connectivity index (χ4n) is 2.44. The number of hydrogen-bond acceptors (Lipinski definition) is 3. The smallest absolute Gasteiger partial charge is 0.250 e. The minimum absolute atomic E-state index is 0.0347. The van der Waals surface area contributed by atoms with Gasteiger partial charge in [0.1, 0.15) is 0 Å². The summed E-state index contributed by atoms with van der Waals surface area (Å²) in [5.74, 6) is 0.781. The van der Waals surface area contributed by atoms with E-state index >= 15 is 0 Å². The van der Waals surface area contributed by atoms with Crippen LogP contribution in [0.4, 0.5) is 0 Å². The molecule has 27 heavy (non-hydrogen) atoms. The first-order valence-corrected chi connectivity index (χ1v) is 12.6. The summed E-state index contributed by atoms with van der Waals surface area (Å²) >= 11 is 0. The summed E-state index contributed by atoms with van der Waals surface area (Å²) in [5.41, 5.74) is 0.858. The minimum Gasteiger partial charge on any atom is -0.544 e. The SMILES string of the molecule is C=CCCC[C@@H](/C=C(/C=C/C(=C)O[Si](C)(C)C(C)(C)C)N1CCC1=O)OC. The molecule has 152 valence electrons. The Balaban J connectivity index is 2.89. The van der Waals surface area contributed by atoms with Crippen LogP contribution in [0.25, 0.3) is 0 Å². The standard InChI is InChI=1S/C22H37NO3Si/c1-9-10-11-12-20(25-6)17-19(23-16-15-21(23)24)14-13-18(2)26-27(7,8)22(3,4)5/h9,13-14,17,20H,1-2,10-12,15-16H2,3-8H3/b14-13+,19-17-/t20-/m0/s1. The Bertz CT molecular complexity index is 599. The van der Waals surface area contributed by atoms with E-state index in [0.717, 1.165) is 31.5 Å². The predicted molar refractivity (Wildman–Crippen MR) is 116 cm³/mol. The lowest BCUT2D eigenvalue weighted by Crippen LogP contribution is -2.42. The molecule has 4 nitrogen and oxygen atoms in total. The van der Waals surface area contributed by atoms with Gasteiger partial charge in [-0.25, -0.2) is 0 Å². The van der Waals surface area contributed by atoms with E-state index in [-0.39, 0.29) is 17.0 Å². The molecule has 1 fully saturated rings. The van der Waals surface area contributed by atoms with Crippen molar-refractivity contribution in [3.8, 4) is 0 Å². The molecular formula is C22H37NO3Si. The van der Waals surface area contributed by atoms with E-state index in [2.05, 4.69) is 47.0 Å². The summed E-state index contributed by atoms with van der Waals surface area (Å²) in [6.07, 6.45) is 11.1. The maximum atomic E-state index is 12.0. The van der Waals surface area contributed by atoms with Crippen molar-refractivity contribution in [1.82, 2.24) is 4.90 Å². The summed E-state index contributed by atoms with van der Waals surface area (Å²) in [4.78, 5) is 13.7.